The van der Waals surface area contributed by atoms with E-state index < -0.39 is 5.97 Å². The predicted molar refractivity (Wildman–Crippen MR) is 60.0 cm³/mol. The molecule has 16 heavy (non-hydrogen) atoms. The zero-order valence-electron chi connectivity index (χ0n) is 9.90. The molecule has 0 aromatic rings. The van der Waals surface area contributed by atoms with E-state index in [2.05, 4.69) is 19.2 Å². The summed E-state index contributed by atoms with van der Waals surface area (Å²) in [7, 11) is 0. The van der Waals surface area contributed by atoms with Crippen LogP contribution in [0.2, 0.25) is 0 Å². The largest absolute Gasteiger partial charge is 0.481 e. The van der Waals surface area contributed by atoms with E-state index in [0.29, 0.717) is 32.1 Å². The Kier molecular flexibility index (Phi) is 4.73. The van der Waals surface area contributed by atoms with E-state index in [4.69, 9.17) is 5.11 Å². The number of hydrogen-bond acceptors (Lipinski definition) is 3. The Morgan fingerprint density at radius 3 is 2.56 bits per heavy atom. The maximum atomic E-state index is 11.4. The summed E-state index contributed by atoms with van der Waals surface area (Å²) in [5, 5.41) is 11.5. The summed E-state index contributed by atoms with van der Waals surface area (Å²) in [5.41, 5.74) is 0. The second-order valence-corrected chi connectivity index (χ2v) is 4.76. The number of carbonyl (C=O) groups is 2. The number of aliphatic carboxylic acids is 1. The van der Waals surface area contributed by atoms with Crippen molar-refractivity contribution in [2.45, 2.75) is 20.3 Å². The van der Waals surface area contributed by atoms with Crippen LogP contribution in [0.15, 0.2) is 0 Å². The number of hydrogen-bond donors (Lipinski definition) is 2. The Labute approximate surface area is 95.8 Å². The second kappa shape index (κ2) is 5.84. The monoisotopic (exact) mass is 228 g/mol. The topological polar surface area (TPSA) is 69.6 Å². The predicted octanol–water partition coefficient (Wildman–Crippen LogP) is 0.165. The maximum absolute atomic E-state index is 11.4. The molecule has 1 aliphatic rings. The van der Waals surface area contributed by atoms with Gasteiger partial charge in [0.15, 0.2) is 0 Å². The van der Waals surface area contributed by atoms with Gasteiger partial charge in [0.1, 0.15) is 0 Å². The van der Waals surface area contributed by atoms with Crippen molar-refractivity contribution >= 4 is 11.9 Å². The quantitative estimate of drug-likeness (QED) is 0.679. The lowest BCUT2D eigenvalue weighted by Crippen LogP contribution is -2.53. The minimum absolute atomic E-state index is 0.00973. The van der Waals surface area contributed by atoms with Crippen LogP contribution in [-0.4, -0.2) is 48.1 Å². The third-order valence-electron chi connectivity index (χ3n) is 2.72. The highest BCUT2D eigenvalue weighted by Gasteiger charge is 2.33. The lowest BCUT2D eigenvalue weighted by Gasteiger charge is -2.35. The summed E-state index contributed by atoms with van der Waals surface area (Å²) in [4.78, 5) is 23.8. The normalized spacial score (nSPS) is 17.2. The van der Waals surface area contributed by atoms with Crippen LogP contribution in [0.4, 0.5) is 0 Å². The van der Waals surface area contributed by atoms with Gasteiger partial charge in [-0.3, -0.25) is 14.5 Å². The van der Waals surface area contributed by atoms with Gasteiger partial charge in [-0.1, -0.05) is 13.8 Å². The van der Waals surface area contributed by atoms with Crippen molar-refractivity contribution in [1.29, 1.82) is 0 Å². The number of nitrogens with zero attached hydrogens (tertiary/aromatic N) is 1. The summed E-state index contributed by atoms with van der Waals surface area (Å²) in [6, 6.07) is 0. The SMILES string of the molecule is CC(C)CCNC(=O)CN1CC(C(=O)O)C1. The molecule has 1 aliphatic heterocycles. The average molecular weight is 228 g/mol. The molecule has 0 saturated carbocycles. The van der Waals surface area contributed by atoms with Crippen LogP contribution in [0.3, 0.4) is 0 Å². The van der Waals surface area contributed by atoms with Crippen LogP contribution in [0.1, 0.15) is 20.3 Å². The molecule has 0 radical (unpaired) electrons. The van der Waals surface area contributed by atoms with Crippen molar-refractivity contribution in [3.63, 3.8) is 0 Å². The van der Waals surface area contributed by atoms with Crippen molar-refractivity contribution in [2.75, 3.05) is 26.2 Å². The average Bonchev–Trinajstić information content (AvgIpc) is 2.09. The molecule has 0 bridgehead atoms. The van der Waals surface area contributed by atoms with E-state index >= 15 is 0 Å². The van der Waals surface area contributed by atoms with Crippen LogP contribution in [0, 0.1) is 11.8 Å². The van der Waals surface area contributed by atoms with Crippen LogP contribution in [-0.2, 0) is 9.59 Å². The highest BCUT2D eigenvalue weighted by atomic mass is 16.4. The van der Waals surface area contributed by atoms with Crippen molar-refractivity contribution < 1.29 is 14.7 Å². The Morgan fingerprint density at radius 1 is 1.44 bits per heavy atom. The van der Waals surface area contributed by atoms with E-state index in [0.717, 1.165) is 6.42 Å². The van der Waals surface area contributed by atoms with E-state index in [9.17, 15) is 9.59 Å². The van der Waals surface area contributed by atoms with Crippen LogP contribution in [0.25, 0.3) is 0 Å². The van der Waals surface area contributed by atoms with E-state index in [1.807, 2.05) is 4.90 Å². The number of likely N-dealkylation sites (tertiary alicyclic amines) is 1. The molecular weight excluding hydrogens is 208 g/mol. The number of carboxylic acid groups (broad SMARTS) is 1. The molecule has 1 rings (SSSR count). The molecule has 0 atom stereocenters. The molecule has 0 aliphatic carbocycles. The molecule has 1 saturated heterocycles. The van der Waals surface area contributed by atoms with Crippen LogP contribution in [0.5, 0.6) is 0 Å². The van der Waals surface area contributed by atoms with Crippen molar-refractivity contribution in [3.8, 4) is 0 Å². The number of nitrogens with one attached hydrogen (secondary N) is 1. The smallest absolute Gasteiger partial charge is 0.309 e. The minimum atomic E-state index is -0.767. The van der Waals surface area contributed by atoms with Crippen molar-refractivity contribution in [2.24, 2.45) is 11.8 Å². The van der Waals surface area contributed by atoms with Gasteiger partial charge >= 0.3 is 5.97 Å². The molecule has 0 unspecified atom stereocenters. The standard InChI is InChI=1S/C11H20N2O3/c1-8(2)3-4-12-10(14)7-13-5-9(6-13)11(15)16/h8-9H,3-7H2,1-2H3,(H,12,14)(H,15,16). The van der Waals surface area contributed by atoms with Gasteiger partial charge in [-0.15, -0.1) is 0 Å². The number of amides is 1. The van der Waals surface area contributed by atoms with Gasteiger partial charge in [0.25, 0.3) is 0 Å². The number of rotatable bonds is 6. The maximum Gasteiger partial charge on any atom is 0.309 e. The van der Waals surface area contributed by atoms with Gasteiger partial charge < -0.3 is 10.4 Å². The molecule has 0 spiro atoms. The molecule has 0 aromatic carbocycles. The highest BCUT2D eigenvalue weighted by Crippen LogP contribution is 2.14. The molecule has 1 heterocycles. The fourth-order valence-electron chi connectivity index (χ4n) is 1.61. The zero-order chi connectivity index (χ0) is 12.1. The summed E-state index contributed by atoms with van der Waals surface area (Å²) >= 11 is 0. The summed E-state index contributed by atoms with van der Waals surface area (Å²) in [6.45, 7) is 6.23. The van der Waals surface area contributed by atoms with Gasteiger partial charge in [0.2, 0.25) is 5.91 Å². The van der Waals surface area contributed by atoms with Gasteiger partial charge in [0, 0.05) is 19.6 Å². The number of carbonyl (C=O) groups excluding carboxylic acids is 1. The van der Waals surface area contributed by atoms with Gasteiger partial charge in [-0.05, 0) is 12.3 Å². The van der Waals surface area contributed by atoms with E-state index in [1.165, 1.54) is 0 Å². The van der Waals surface area contributed by atoms with Crippen LogP contribution >= 0.6 is 0 Å². The van der Waals surface area contributed by atoms with E-state index in [1.54, 1.807) is 0 Å². The third kappa shape index (κ3) is 4.18. The second-order valence-electron chi connectivity index (χ2n) is 4.76. The zero-order valence-corrected chi connectivity index (χ0v) is 9.90. The van der Waals surface area contributed by atoms with Crippen molar-refractivity contribution in [3.05, 3.63) is 0 Å². The summed E-state index contributed by atoms with van der Waals surface area (Å²) in [5.74, 6) is -0.481. The Bertz CT molecular complexity index is 260. The lowest BCUT2D eigenvalue weighted by atomic mass is 10.0. The number of carboxylic acids is 1. The van der Waals surface area contributed by atoms with E-state index in [-0.39, 0.29) is 11.8 Å². The molecule has 5 heteroatoms. The van der Waals surface area contributed by atoms with Gasteiger partial charge in [-0.25, -0.2) is 0 Å². The summed E-state index contributed by atoms with van der Waals surface area (Å²) in [6.07, 6.45) is 0.976. The first-order valence-electron chi connectivity index (χ1n) is 5.71. The fourth-order valence-corrected chi connectivity index (χ4v) is 1.61. The molecule has 1 amide bonds. The Hall–Kier alpha value is -1.10. The fraction of sp³-hybridized carbons (Fsp3) is 0.818. The molecule has 5 nitrogen and oxygen atoms in total. The molecule has 2 N–H and O–H groups in total. The summed E-state index contributed by atoms with van der Waals surface area (Å²) < 4.78 is 0. The van der Waals surface area contributed by atoms with Crippen LogP contribution < -0.4 is 5.32 Å². The first-order valence-corrected chi connectivity index (χ1v) is 5.71. The van der Waals surface area contributed by atoms with Gasteiger partial charge in [0.05, 0.1) is 12.5 Å². The molecule has 1 fully saturated rings. The minimum Gasteiger partial charge on any atom is -0.481 e. The molecule has 92 valence electrons. The van der Waals surface area contributed by atoms with Gasteiger partial charge in [-0.2, -0.15) is 0 Å². The van der Waals surface area contributed by atoms with Crippen molar-refractivity contribution in [1.82, 2.24) is 10.2 Å². The Morgan fingerprint density at radius 2 is 2.06 bits per heavy atom. The Balaban J connectivity index is 2.06. The highest BCUT2D eigenvalue weighted by molar-refractivity contribution is 5.78. The molecular formula is C11H20N2O3. The first kappa shape index (κ1) is 13.0. The first-order chi connectivity index (χ1) is 7.49. The lowest BCUT2D eigenvalue weighted by molar-refractivity contribution is -0.148. The molecule has 0 aromatic heterocycles. The third-order valence-corrected chi connectivity index (χ3v) is 2.72.